The number of benzene rings is 1. The Hall–Kier alpha value is -1.43. The van der Waals surface area contributed by atoms with Crippen molar-refractivity contribution in [2.75, 3.05) is 26.3 Å². The Morgan fingerprint density at radius 3 is 2.62 bits per heavy atom. The first kappa shape index (κ1) is 18.9. The maximum absolute atomic E-state index is 12.3. The van der Waals surface area contributed by atoms with Gasteiger partial charge in [0.1, 0.15) is 0 Å². The van der Waals surface area contributed by atoms with Crippen LogP contribution in [0.15, 0.2) is 24.3 Å². The van der Waals surface area contributed by atoms with Crippen LogP contribution in [-0.2, 0) is 22.6 Å². The van der Waals surface area contributed by atoms with E-state index in [0.29, 0.717) is 19.8 Å². The summed E-state index contributed by atoms with van der Waals surface area (Å²) in [5.74, 6) is 0.170. The summed E-state index contributed by atoms with van der Waals surface area (Å²) in [5, 5.41) is 2.99. The molecule has 1 fully saturated rings. The van der Waals surface area contributed by atoms with Crippen molar-refractivity contribution in [1.82, 2.24) is 10.2 Å². The molecule has 0 radical (unpaired) electrons. The number of hydrogen-bond donors (Lipinski definition) is 2. The highest BCUT2D eigenvalue weighted by Crippen LogP contribution is 2.17. The molecule has 134 valence electrons. The molecule has 1 aromatic carbocycles. The fourth-order valence-electron chi connectivity index (χ4n) is 3.14. The van der Waals surface area contributed by atoms with Crippen LogP contribution in [0.5, 0.6) is 0 Å². The number of nitrogens with zero attached hydrogens (tertiary/aromatic N) is 1. The monoisotopic (exact) mass is 333 g/mol. The van der Waals surface area contributed by atoms with E-state index in [0.717, 1.165) is 38.0 Å². The Labute approximate surface area is 145 Å². The van der Waals surface area contributed by atoms with Crippen LogP contribution in [-0.4, -0.2) is 43.2 Å². The van der Waals surface area contributed by atoms with Gasteiger partial charge < -0.3 is 15.8 Å². The molecular weight excluding hydrogens is 302 g/mol. The third-order valence-electron chi connectivity index (χ3n) is 4.84. The number of nitrogens with one attached hydrogen (secondary N) is 1. The highest BCUT2D eigenvalue weighted by molar-refractivity contribution is 5.81. The van der Waals surface area contributed by atoms with E-state index in [2.05, 4.69) is 42.3 Å². The summed E-state index contributed by atoms with van der Waals surface area (Å²) in [4.78, 5) is 14.7. The summed E-state index contributed by atoms with van der Waals surface area (Å²) < 4.78 is 5.33. The first-order chi connectivity index (χ1) is 11.6. The summed E-state index contributed by atoms with van der Waals surface area (Å²) in [6, 6.07) is 7.97. The molecule has 1 aromatic rings. The zero-order valence-corrected chi connectivity index (χ0v) is 15.0. The standard InChI is InChI=1S/C19H31N3O2/c1-3-22(4-2)14-16-7-5-6-15(12-16)13-21-19(23)18(20)17-8-10-24-11-9-17/h5-7,12,17-18H,3-4,8-11,13-14,20H2,1-2H3,(H,21,23). The highest BCUT2D eigenvalue weighted by Gasteiger charge is 2.26. The topological polar surface area (TPSA) is 67.6 Å². The van der Waals surface area contributed by atoms with Gasteiger partial charge in [-0.25, -0.2) is 0 Å². The first-order valence-corrected chi connectivity index (χ1v) is 9.05. The zero-order valence-electron chi connectivity index (χ0n) is 15.0. The lowest BCUT2D eigenvalue weighted by molar-refractivity contribution is -0.124. The second-order valence-electron chi connectivity index (χ2n) is 6.47. The molecule has 3 N–H and O–H groups in total. The molecule has 1 aliphatic heterocycles. The smallest absolute Gasteiger partial charge is 0.237 e. The van der Waals surface area contributed by atoms with Crippen molar-refractivity contribution in [3.63, 3.8) is 0 Å². The lowest BCUT2D eigenvalue weighted by Gasteiger charge is -2.26. The number of rotatable bonds is 8. The molecule has 2 rings (SSSR count). The molecule has 1 atom stereocenters. The normalized spacial score (nSPS) is 17.0. The molecule has 0 spiro atoms. The van der Waals surface area contributed by atoms with Crippen LogP contribution in [0.1, 0.15) is 37.8 Å². The van der Waals surface area contributed by atoms with Gasteiger partial charge in [-0.15, -0.1) is 0 Å². The Bertz CT molecular complexity index is 511. The molecule has 0 aromatic heterocycles. The Kier molecular flexibility index (Phi) is 7.69. The largest absolute Gasteiger partial charge is 0.381 e. The summed E-state index contributed by atoms with van der Waals surface area (Å²) in [6.45, 7) is 9.31. The minimum absolute atomic E-state index is 0.0592. The summed E-state index contributed by atoms with van der Waals surface area (Å²) in [5.41, 5.74) is 8.51. The molecule has 1 heterocycles. The van der Waals surface area contributed by atoms with Gasteiger partial charge >= 0.3 is 0 Å². The zero-order chi connectivity index (χ0) is 17.4. The number of carbonyl (C=O) groups excluding carboxylic acids is 1. The fraction of sp³-hybridized carbons (Fsp3) is 0.632. The number of hydrogen-bond acceptors (Lipinski definition) is 4. The second kappa shape index (κ2) is 9.77. The van der Waals surface area contributed by atoms with Crippen molar-refractivity contribution in [3.8, 4) is 0 Å². The fourth-order valence-corrected chi connectivity index (χ4v) is 3.14. The van der Waals surface area contributed by atoms with Crippen molar-refractivity contribution >= 4 is 5.91 Å². The van der Waals surface area contributed by atoms with Gasteiger partial charge in [0.2, 0.25) is 5.91 Å². The molecule has 5 nitrogen and oxygen atoms in total. The average molecular weight is 333 g/mol. The van der Waals surface area contributed by atoms with E-state index < -0.39 is 6.04 Å². The van der Waals surface area contributed by atoms with Crippen molar-refractivity contribution < 1.29 is 9.53 Å². The predicted octanol–water partition coefficient (Wildman–Crippen LogP) is 1.90. The van der Waals surface area contributed by atoms with E-state index in [1.54, 1.807) is 0 Å². The molecule has 1 aliphatic rings. The van der Waals surface area contributed by atoms with Gasteiger partial charge in [0.15, 0.2) is 0 Å². The predicted molar refractivity (Wildman–Crippen MR) is 96.4 cm³/mol. The lowest BCUT2D eigenvalue weighted by Crippen LogP contribution is -2.46. The van der Waals surface area contributed by atoms with Gasteiger partial charge in [-0.05, 0) is 43.0 Å². The van der Waals surface area contributed by atoms with E-state index in [9.17, 15) is 4.79 Å². The third-order valence-corrected chi connectivity index (χ3v) is 4.84. The van der Waals surface area contributed by atoms with Crippen LogP contribution in [0.3, 0.4) is 0 Å². The van der Waals surface area contributed by atoms with E-state index >= 15 is 0 Å². The SMILES string of the molecule is CCN(CC)Cc1cccc(CNC(=O)C(N)C2CCOCC2)c1. The molecule has 1 unspecified atom stereocenters. The van der Waals surface area contributed by atoms with E-state index in [1.807, 2.05) is 6.07 Å². The highest BCUT2D eigenvalue weighted by atomic mass is 16.5. The minimum Gasteiger partial charge on any atom is -0.381 e. The molecule has 5 heteroatoms. The van der Waals surface area contributed by atoms with Crippen LogP contribution in [0.2, 0.25) is 0 Å². The minimum atomic E-state index is -0.437. The van der Waals surface area contributed by atoms with Crippen molar-refractivity contribution in [2.45, 2.75) is 45.8 Å². The summed E-state index contributed by atoms with van der Waals surface area (Å²) in [7, 11) is 0. The van der Waals surface area contributed by atoms with E-state index in [-0.39, 0.29) is 11.8 Å². The van der Waals surface area contributed by atoms with Gasteiger partial charge in [0.25, 0.3) is 0 Å². The number of amides is 1. The lowest BCUT2D eigenvalue weighted by atomic mass is 9.92. The second-order valence-corrected chi connectivity index (χ2v) is 6.47. The third kappa shape index (κ3) is 5.58. The van der Waals surface area contributed by atoms with Crippen LogP contribution in [0, 0.1) is 5.92 Å². The van der Waals surface area contributed by atoms with Crippen molar-refractivity contribution in [2.24, 2.45) is 11.7 Å². The maximum Gasteiger partial charge on any atom is 0.237 e. The molecular formula is C19H31N3O2. The van der Waals surface area contributed by atoms with Crippen LogP contribution in [0.4, 0.5) is 0 Å². The maximum atomic E-state index is 12.3. The molecule has 24 heavy (non-hydrogen) atoms. The van der Waals surface area contributed by atoms with Crippen LogP contribution >= 0.6 is 0 Å². The quantitative estimate of drug-likeness (QED) is 0.762. The Balaban J connectivity index is 1.85. The Morgan fingerprint density at radius 1 is 1.29 bits per heavy atom. The first-order valence-electron chi connectivity index (χ1n) is 9.05. The molecule has 1 saturated heterocycles. The van der Waals surface area contributed by atoms with Gasteiger partial charge in [-0.2, -0.15) is 0 Å². The van der Waals surface area contributed by atoms with Gasteiger partial charge in [0, 0.05) is 26.3 Å². The molecule has 0 saturated carbocycles. The van der Waals surface area contributed by atoms with E-state index in [4.69, 9.17) is 10.5 Å². The van der Waals surface area contributed by atoms with Crippen LogP contribution in [0.25, 0.3) is 0 Å². The van der Waals surface area contributed by atoms with Gasteiger partial charge in [-0.3, -0.25) is 9.69 Å². The average Bonchev–Trinajstić information content (AvgIpc) is 2.64. The van der Waals surface area contributed by atoms with Crippen molar-refractivity contribution in [3.05, 3.63) is 35.4 Å². The molecule has 0 bridgehead atoms. The van der Waals surface area contributed by atoms with Crippen LogP contribution < -0.4 is 11.1 Å². The molecule has 0 aliphatic carbocycles. The summed E-state index contributed by atoms with van der Waals surface area (Å²) >= 11 is 0. The number of nitrogens with two attached hydrogens (primary N) is 1. The van der Waals surface area contributed by atoms with E-state index in [1.165, 1.54) is 5.56 Å². The Morgan fingerprint density at radius 2 is 1.96 bits per heavy atom. The van der Waals surface area contributed by atoms with Crippen molar-refractivity contribution in [1.29, 1.82) is 0 Å². The van der Waals surface area contributed by atoms with Gasteiger partial charge in [0.05, 0.1) is 6.04 Å². The number of carbonyl (C=O) groups is 1. The van der Waals surface area contributed by atoms with Gasteiger partial charge in [-0.1, -0.05) is 38.1 Å². The molecule has 1 amide bonds. The summed E-state index contributed by atoms with van der Waals surface area (Å²) in [6.07, 6.45) is 1.74. The number of ether oxygens (including phenoxy) is 1.